The minimum Gasteiger partial charge on any atom is -0.459 e. The van der Waals surface area contributed by atoms with Gasteiger partial charge in [0.2, 0.25) is 11.8 Å². The summed E-state index contributed by atoms with van der Waals surface area (Å²) < 4.78 is 5.20. The minimum atomic E-state index is -0.349. The van der Waals surface area contributed by atoms with Gasteiger partial charge < -0.3 is 19.5 Å². The largest absolute Gasteiger partial charge is 0.459 e. The van der Waals surface area contributed by atoms with E-state index in [-0.39, 0.29) is 42.5 Å². The monoisotopic (exact) mass is 585 g/mol. The molecule has 9 nitrogen and oxygen atoms in total. The lowest BCUT2D eigenvalue weighted by molar-refractivity contribution is -0.132. The topological polar surface area (TPSA) is 99.0 Å². The van der Waals surface area contributed by atoms with E-state index in [4.69, 9.17) is 4.42 Å². The summed E-state index contributed by atoms with van der Waals surface area (Å²) in [5.74, 6) is -0.464. The number of nitrogens with zero attached hydrogens (tertiary/aromatic N) is 4. The van der Waals surface area contributed by atoms with Crippen LogP contribution in [-0.2, 0) is 16.0 Å². The number of benzene rings is 2. The summed E-state index contributed by atoms with van der Waals surface area (Å²) in [4.78, 5) is 48.7. The third-order valence-corrected chi connectivity index (χ3v) is 8.05. The number of hydrogen-bond acceptors (Lipinski definition) is 7. The first-order valence-electron chi connectivity index (χ1n) is 14.2. The van der Waals surface area contributed by atoms with E-state index in [0.29, 0.717) is 36.9 Å². The lowest BCUT2D eigenvalue weighted by Gasteiger charge is -2.39. The maximum atomic E-state index is 13.2. The fraction of sp³-hybridized carbons (Fsp3) is 0.312. The highest BCUT2D eigenvalue weighted by molar-refractivity contribution is 7.13. The zero-order valence-corrected chi connectivity index (χ0v) is 24.5. The molecule has 1 aliphatic heterocycles. The van der Waals surface area contributed by atoms with Crippen LogP contribution in [0.4, 0.5) is 5.13 Å². The van der Waals surface area contributed by atoms with Crippen molar-refractivity contribution in [1.29, 1.82) is 0 Å². The Morgan fingerprint density at radius 1 is 0.952 bits per heavy atom. The summed E-state index contributed by atoms with van der Waals surface area (Å²) in [6, 6.07) is 24.3. The number of nitrogens with one attached hydrogen (secondary N) is 1. The van der Waals surface area contributed by atoms with Crippen molar-refractivity contribution in [1.82, 2.24) is 19.7 Å². The van der Waals surface area contributed by atoms with Gasteiger partial charge in [0.15, 0.2) is 10.9 Å². The van der Waals surface area contributed by atoms with Gasteiger partial charge in [-0.1, -0.05) is 67.6 Å². The molecule has 5 rings (SSSR count). The molecule has 0 saturated carbocycles. The average molecular weight is 586 g/mol. The number of hydrogen-bond donors (Lipinski definition) is 1. The van der Waals surface area contributed by atoms with Crippen molar-refractivity contribution in [3.8, 4) is 0 Å². The van der Waals surface area contributed by atoms with Crippen molar-refractivity contribution < 1.29 is 18.8 Å². The number of anilines is 1. The van der Waals surface area contributed by atoms with Gasteiger partial charge in [-0.15, -0.1) is 11.3 Å². The van der Waals surface area contributed by atoms with Crippen LogP contribution in [0.1, 0.15) is 46.8 Å². The predicted octanol–water partition coefficient (Wildman–Crippen LogP) is 4.70. The van der Waals surface area contributed by atoms with Crippen LogP contribution < -0.4 is 5.32 Å². The number of thiazole rings is 1. The van der Waals surface area contributed by atoms with Crippen LogP contribution in [0.15, 0.2) is 88.9 Å². The van der Waals surface area contributed by atoms with E-state index < -0.39 is 0 Å². The number of piperazine rings is 1. The first kappa shape index (κ1) is 29.2. The summed E-state index contributed by atoms with van der Waals surface area (Å²) >= 11 is 1.27. The van der Waals surface area contributed by atoms with Crippen LogP contribution in [0.25, 0.3) is 0 Å². The molecule has 1 saturated heterocycles. The smallest absolute Gasteiger partial charge is 0.290 e. The highest BCUT2D eigenvalue weighted by Crippen LogP contribution is 2.29. The van der Waals surface area contributed by atoms with Crippen molar-refractivity contribution in [2.75, 3.05) is 44.6 Å². The van der Waals surface area contributed by atoms with Crippen LogP contribution in [0.5, 0.6) is 0 Å². The Morgan fingerprint density at radius 2 is 1.62 bits per heavy atom. The molecule has 42 heavy (non-hydrogen) atoms. The van der Waals surface area contributed by atoms with Crippen LogP contribution in [0.3, 0.4) is 0 Å². The van der Waals surface area contributed by atoms with Gasteiger partial charge in [-0.25, -0.2) is 4.98 Å². The molecule has 3 amide bonds. The second-order valence-electron chi connectivity index (χ2n) is 10.2. The summed E-state index contributed by atoms with van der Waals surface area (Å²) in [6.07, 6.45) is 2.31. The number of carbonyl (C=O) groups excluding carboxylic acids is 3. The van der Waals surface area contributed by atoms with Crippen LogP contribution in [0.2, 0.25) is 0 Å². The summed E-state index contributed by atoms with van der Waals surface area (Å²) in [5.41, 5.74) is 3.10. The normalized spacial score (nSPS) is 13.7. The average Bonchev–Trinajstić information content (AvgIpc) is 3.71. The Labute approximate surface area is 249 Å². The lowest BCUT2D eigenvalue weighted by atomic mass is 9.96. The zero-order valence-electron chi connectivity index (χ0n) is 23.6. The van der Waals surface area contributed by atoms with Crippen molar-refractivity contribution in [3.63, 3.8) is 0 Å². The van der Waals surface area contributed by atoms with E-state index in [0.717, 1.165) is 13.1 Å². The first-order chi connectivity index (χ1) is 20.5. The van der Waals surface area contributed by atoms with Gasteiger partial charge >= 0.3 is 0 Å². The number of amides is 3. The van der Waals surface area contributed by atoms with Crippen molar-refractivity contribution in [2.24, 2.45) is 0 Å². The van der Waals surface area contributed by atoms with Gasteiger partial charge in [0, 0.05) is 38.1 Å². The Morgan fingerprint density at radius 3 is 2.21 bits per heavy atom. The van der Waals surface area contributed by atoms with Gasteiger partial charge in [0.1, 0.15) is 6.54 Å². The van der Waals surface area contributed by atoms with Gasteiger partial charge in [-0.2, -0.15) is 0 Å². The fourth-order valence-corrected chi connectivity index (χ4v) is 5.96. The second-order valence-corrected chi connectivity index (χ2v) is 11.1. The number of rotatable bonds is 11. The van der Waals surface area contributed by atoms with Gasteiger partial charge in [0.05, 0.1) is 24.4 Å². The number of carbonyl (C=O) groups is 3. The molecule has 2 aromatic carbocycles. The quantitative estimate of drug-likeness (QED) is 0.274. The molecule has 3 heterocycles. The number of furan rings is 1. The Kier molecular flexibility index (Phi) is 9.78. The Hall–Kier alpha value is -4.28. The zero-order chi connectivity index (χ0) is 29.3. The van der Waals surface area contributed by atoms with Crippen molar-refractivity contribution >= 4 is 34.2 Å². The standard InChI is InChI=1S/C32H35N5O4S/c1-2-15-37(31(40)27-14-9-20-41-27)22-28(38)34-32-33-26(23-42-32)21-29(39)35-16-18-36(19-17-35)30(24-10-5-3-6-11-24)25-12-7-4-8-13-25/h3-14,20,23,30H,2,15-19,21-22H2,1H3,(H,33,34,38). The SMILES string of the molecule is CCCN(CC(=O)Nc1nc(CC(=O)N2CCN(C(c3ccccc3)c3ccccc3)CC2)cs1)C(=O)c1ccco1. The summed E-state index contributed by atoms with van der Waals surface area (Å²) in [7, 11) is 0. The van der Waals surface area contributed by atoms with E-state index in [9.17, 15) is 14.4 Å². The molecular formula is C32H35N5O4S. The van der Waals surface area contributed by atoms with E-state index in [2.05, 4.69) is 63.7 Å². The fourth-order valence-electron chi connectivity index (χ4n) is 5.24. The number of aromatic nitrogens is 1. The third kappa shape index (κ3) is 7.32. The molecule has 0 radical (unpaired) electrons. The molecule has 0 atom stereocenters. The summed E-state index contributed by atoms with van der Waals surface area (Å²) in [5, 5.41) is 4.97. The first-order valence-corrected chi connectivity index (χ1v) is 15.1. The molecule has 218 valence electrons. The summed E-state index contributed by atoms with van der Waals surface area (Å²) in [6.45, 7) is 5.06. The van der Waals surface area contributed by atoms with Gasteiger partial charge in [-0.3, -0.25) is 19.3 Å². The molecule has 0 aliphatic carbocycles. The second kappa shape index (κ2) is 14.1. The molecule has 0 spiro atoms. The Bertz CT molecular complexity index is 1410. The molecule has 1 N–H and O–H groups in total. The van der Waals surface area contributed by atoms with Gasteiger partial charge in [0.25, 0.3) is 5.91 Å². The van der Waals surface area contributed by atoms with Crippen LogP contribution in [-0.4, -0.2) is 76.7 Å². The lowest BCUT2D eigenvalue weighted by Crippen LogP contribution is -2.50. The molecule has 1 aliphatic rings. The van der Waals surface area contributed by atoms with E-state index in [1.807, 2.05) is 24.0 Å². The molecular weight excluding hydrogens is 550 g/mol. The van der Waals surface area contributed by atoms with Crippen molar-refractivity contribution in [3.05, 3.63) is 107 Å². The molecule has 2 aromatic heterocycles. The molecule has 0 bridgehead atoms. The van der Waals surface area contributed by atoms with E-state index in [1.54, 1.807) is 17.5 Å². The minimum absolute atomic E-state index is 0.0203. The maximum absolute atomic E-state index is 13.2. The van der Waals surface area contributed by atoms with Crippen LogP contribution >= 0.6 is 11.3 Å². The highest BCUT2D eigenvalue weighted by Gasteiger charge is 2.28. The molecule has 1 fully saturated rings. The maximum Gasteiger partial charge on any atom is 0.290 e. The molecule has 4 aromatic rings. The van der Waals surface area contributed by atoms with E-state index >= 15 is 0 Å². The van der Waals surface area contributed by atoms with E-state index in [1.165, 1.54) is 33.6 Å². The highest BCUT2D eigenvalue weighted by atomic mass is 32.1. The molecule has 0 unspecified atom stereocenters. The van der Waals surface area contributed by atoms with Gasteiger partial charge in [-0.05, 0) is 29.7 Å². The van der Waals surface area contributed by atoms with Crippen molar-refractivity contribution in [2.45, 2.75) is 25.8 Å². The third-order valence-electron chi connectivity index (χ3n) is 7.24. The molecule has 10 heteroatoms. The Balaban J connectivity index is 1.14. The van der Waals surface area contributed by atoms with Crippen LogP contribution in [0, 0.1) is 0 Å². The predicted molar refractivity (Wildman–Crippen MR) is 162 cm³/mol.